The molecule has 0 N–H and O–H groups in total. The quantitative estimate of drug-likeness (QED) is 0.787. The van der Waals surface area contributed by atoms with Gasteiger partial charge in [0.15, 0.2) is 0 Å². The van der Waals surface area contributed by atoms with Crippen molar-refractivity contribution in [3.63, 3.8) is 0 Å². The lowest BCUT2D eigenvalue weighted by molar-refractivity contribution is 0.991. The summed E-state index contributed by atoms with van der Waals surface area (Å²) in [5.74, 6) is 1.31. The first-order valence-electron chi connectivity index (χ1n) is 5.78. The van der Waals surface area contributed by atoms with Crippen molar-refractivity contribution in [2.24, 2.45) is 0 Å². The highest BCUT2D eigenvalue weighted by Crippen LogP contribution is 2.30. The number of aromatic nitrogens is 2. The SMILES string of the molecule is Cc1nc(Cl)c(C)c(N(C)c2ccccc2C#N)n1. The van der Waals surface area contributed by atoms with Gasteiger partial charge in [-0.1, -0.05) is 23.7 Å². The van der Waals surface area contributed by atoms with Gasteiger partial charge in [0, 0.05) is 12.6 Å². The molecule has 0 spiro atoms. The summed E-state index contributed by atoms with van der Waals surface area (Å²) >= 11 is 6.08. The molecule has 19 heavy (non-hydrogen) atoms. The molecule has 0 bridgehead atoms. The van der Waals surface area contributed by atoms with Crippen LogP contribution >= 0.6 is 11.6 Å². The van der Waals surface area contributed by atoms with Gasteiger partial charge >= 0.3 is 0 Å². The maximum Gasteiger partial charge on any atom is 0.140 e. The van der Waals surface area contributed by atoms with Gasteiger partial charge < -0.3 is 4.90 Å². The van der Waals surface area contributed by atoms with Crippen LogP contribution in [0.3, 0.4) is 0 Å². The molecule has 0 aliphatic rings. The van der Waals surface area contributed by atoms with Gasteiger partial charge in [-0.15, -0.1) is 0 Å². The molecule has 96 valence electrons. The predicted octanol–water partition coefficient (Wildman–Crippen LogP) is 3.39. The number of rotatable bonds is 2. The lowest BCUT2D eigenvalue weighted by Crippen LogP contribution is -2.15. The van der Waals surface area contributed by atoms with Crippen molar-refractivity contribution in [2.45, 2.75) is 13.8 Å². The van der Waals surface area contributed by atoms with Crippen LogP contribution in [-0.4, -0.2) is 17.0 Å². The average Bonchev–Trinajstić information content (AvgIpc) is 2.42. The number of nitriles is 1. The summed E-state index contributed by atoms with van der Waals surface area (Å²) in [6.45, 7) is 3.65. The summed E-state index contributed by atoms with van der Waals surface area (Å²) in [6, 6.07) is 9.55. The Bertz CT molecular complexity index is 661. The average molecular weight is 273 g/mol. The minimum absolute atomic E-state index is 0.434. The number of halogens is 1. The number of anilines is 2. The molecule has 1 aromatic heterocycles. The monoisotopic (exact) mass is 272 g/mol. The minimum atomic E-state index is 0.434. The molecule has 2 aromatic rings. The fourth-order valence-electron chi connectivity index (χ4n) is 1.88. The van der Waals surface area contributed by atoms with E-state index < -0.39 is 0 Å². The van der Waals surface area contributed by atoms with Gasteiger partial charge in [-0.3, -0.25) is 0 Å². The molecule has 4 nitrogen and oxygen atoms in total. The fraction of sp³-hybridized carbons (Fsp3) is 0.214. The van der Waals surface area contributed by atoms with Crippen molar-refractivity contribution in [1.82, 2.24) is 9.97 Å². The van der Waals surface area contributed by atoms with Crippen LogP contribution in [0.1, 0.15) is 17.0 Å². The highest BCUT2D eigenvalue weighted by molar-refractivity contribution is 6.30. The summed E-state index contributed by atoms with van der Waals surface area (Å²) in [7, 11) is 1.86. The zero-order valence-corrected chi connectivity index (χ0v) is 11.7. The molecule has 0 amide bonds. The summed E-state index contributed by atoms with van der Waals surface area (Å²) in [6.07, 6.45) is 0. The second-order valence-electron chi connectivity index (χ2n) is 4.20. The Balaban J connectivity index is 2.57. The van der Waals surface area contributed by atoms with Crippen molar-refractivity contribution in [3.05, 3.63) is 46.4 Å². The van der Waals surface area contributed by atoms with Crippen molar-refractivity contribution < 1.29 is 0 Å². The maximum atomic E-state index is 9.16. The highest BCUT2D eigenvalue weighted by atomic mass is 35.5. The molecule has 1 heterocycles. The highest BCUT2D eigenvalue weighted by Gasteiger charge is 2.15. The zero-order valence-electron chi connectivity index (χ0n) is 11.0. The van der Waals surface area contributed by atoms with Gasteiger partial charge in [-0.05, 0) is 26.0 Å². The smallest absolute Gasteiger partial charge is 0.140 e. The third-order valence-corrected chi connectivity index (χ3v) is 3.24. The van der Waals surface area contributed by atoms with Crippen molar-refractivity contribution in [3.8, 4) is 6.07 Å². The molecule has 0 saturated heterocycles. The largest absolute Gasteiger partial charge is 0.328 e. The third kappa shape index (κ3) is 2.51. The predicted molar refractivity (Wildman–Crippen MR) is 75.7 cm³/mol. The summed E-state index contributed by atoms with van der Waals surface area (Å²) < 4.78 is 0. The Labute approximate surface area is 117 Å². The van der Waals surface area contributed by atoms with E-state index in [0.717, 1.165) is 11.3 Å². The Morgan fingerprint density at radius 2 is 1.89 bits per heavy atom. The van der Waals surface area contributed by atoms with Crippen LogP contribution in [0, 0.1) is 25.2 Å². The molecular weight excluding hydrogens is 260 g/mol. The summed E-state index contributed by atoms with van der Waals surface area (Å²) in [5, 5.41) is 9.59. The van der Waals surface area contributed by atoms with Crippen LogP contribution < -0.4 is 4.90 Å². The van der Waals surface area contributed by atoms with Crippen molar-refractivity contribution in [1.29, 1.82) is 5.26 Å². The van der Waals surface area contributed by atoms with Gasteiger partial charge in [-0.2, -0.15) is 5.26 Å². The van der Waals surface area contributed by atoms with Crippen molar-refractivity contribution in [2.75, 3.05) is 11.9 Å². The van der Waals surface area contributed by atoms with E-state index in [0.29, 0.717) is 22.4 Å². The molecule has 2 rings (SSSR count). The minimum Gasteiger partial charge on any atom is -0.328 e. The molecule has 0 saturated carbocycles. The Morgan fingerprint density at radius 3 is 2.58 bits per heavy atom. The number of benzene rings is 1. The second kappa shape index (κ2) is 5.25. The van der Waals surface area contributed by atoms with Crippen LogP contribution in [0.5, 0.6) is 0 Å². The van der Waals surface area contributed by atoms with E-state index in [1.54, 1.807) is 13.0 Å². The fourth-order valence-corrected chi connectivity index (χ4v) is 2.09. The van der Waals surface area contributed by atoms with Crippen LogP contribution in [0.4, 0.5) is 11.5 Å². The van der Waals surface area contributed by atoms with Crippen LogP contribution in [-0.2, 0) is 0 Å². The molecule has 0 aliphatic heterocycles. The van der Waals surface area contributed by atoms with Crippen LogP contribution in [0.15, 0.2) is 24.3 Å². The van der Waals surface area contributed by atoms with Crippen LogP contribution in [0.25, 0.3) is 0 Å². The Kier molecular flexibility index (Phi) is 3.68. The molecular formula is C14H13ClN4. The first-order chi connectivity index (χ1) is 9.04. The van der Waals surface area contributed by atoms with E-state index in [9.17, 15) is 0 Å². The van der Waals surface area contributed by atoms with E-state index in [-0.39, 0.29) is 0 Å². The van der Waals surface area contributed by atoms with Gasteiger partial charge in [0.05, 0.1) is 11.3 Å². The topological polar surface area (TPSA) is 52.8 Å². The van der Waals surface area contributed by atoms with E-state index in [1.807, 2.05) is 37.1 Å². The maximum absolute atomic E-state index is 9.16. The van der Waals surface area contributed by atoms with E-state index in [2.05, 4.69) is 16.0 Å². The lowest BCUT2D eigenvalue weighted by atomic mass is 10.1. The van der Waals surface area contributed by atoms with Crippen LogP contribution in [0.2, 0.25) is 5.15 Å². The van der Waals surface area contributed by atoms with Gasteiger partial charge in [0.25, 0.3) is 0 Å². The molecule has 5 heteroatoms. The Morgan fingerprint density at radius 1 is 1.21 bits per heavy atom. The lowest BCUT2D eigenvalue weighted by Gasteiger charge is -2.21. The van der Waals surface area contributed by atoms with Gasteiger partial charge in [0.2, 0.25) is 0 Å². The van der Waals surface area contributed by atoms with Gasteiger partial charge in [-0.25, -0.2) is 9.97 Å². The van der Waals surface area contributed by atoms with Crippen molar-refractivity contribution >= 4 is 23.1 Å². The number of nitrogens with zero attached hydrogens (tertiary/aromatic N) is 4. The number of para-hydroxylation sites is 1. The third-order valence-electron chi connectivity index (χ3n) is 2.88. The molecule has 1 aromatic carbocycles. The normalized spacial score (nSPS) is 10.1. The van der Waals surface area contributed by atoms with Gasteiger partial charge in [0.1, 0.15) is 22.9 Å². The first kappa shape index (κ1) is 13.3. The standard InChI is InChI=1S/C14H13ClN4/c1-9-13(15)17-10(2)18-14(9)19(3)12-7-5-4-6-11(12)8-16/h4-7H,1-3H3. The molecule has 0 fully saturated rings. The number of hydrogen-bond acceptors (Lipinski definition) is 4. The zero-order chi connectivity index (χ0) is 14.0. The molecule has 0 atom stereocenters. The Hall–Kier alpha value is -2.12. The number of hydrogen-bond donors (Lipinski definition) is 0. The number of aryl methyl sites for hydroxylation is 1. The second-order valence-corrected chi connectivity index (χ2v) is 4.56. The van der Waals surface area contributed by atoms with E-state index >= 15 is 0 Å². The molecule has 0 radical (unpaired) electrons. The van der Waals surface area contributed by atoms with E-state index in [1.165, 1.54) is 0 Å². The molecule has 0 aliphatic carbocycles. The summed E-state index contributed by atoms with van der Waals surface area (Å²) in [5.41, 5.74) is 2.18. The summed E-state index contributed by atoms with van der Waals surface area (Å²) in [4.78, 5) is 10.4. The molecule has 0 unspecified atom stereocenters. The first-order valence-corrected chi connectivity index (χ1v) is 6.16. The van der Waals surface area contributed by atoms with E-state index in [4.69, 9.17) is 16.9 Å².